The van der Waals surface area contributed by atoms with Crippen LogP contribution in [0.15, 0.2) is 18.2 Å². The van der Waals surface area contributed by atoms with Gasteiger partial charge in [0.1, 0.15) is 12.4 Å². The molecule has 27 heavy (non-hydrogen) atoms. The van der Waals surface area contributed by atoms with Gasteiger partial charge in [0.15, 0.2) is 5.11 Å². The number of nitrogens with one attached hydrogen (secondary N) is 3. The molecule has 2 saturated heterocycles. The summed E-state index contributed by atoms with van der Waals surface area (Å²) in [7, 11) is 0. The first-order chi connectivity index (χ1) is 13.0. The van der Waals surface area contributed by atoms with Gasteiger partial charge in [-0.05, 0) is 30.8 Å². The smallest absolute Gasteiger partial charge is 0.407 e. The van der Waals surface area contributed by atoms with E-state index in [1.807, 2.05) is 4.90 Å². The van der Waals surface area contributed by atoms with Crippen molar-refractivity contribution in [3.05, 3.63) is 34.6 Å². The van der Waals surface area contributed by atoms with Crippen molar-refractivity contribution in [1.29, 1.82) is 0 Å². The molecule has 3 N–H and O–H groups in total. The van der Waals surface area contributed by atoms with E-state index in [-0.39, 0.29) is 11.9 Å². The lowest BCUT2D eigenvalue weighted by atomic mass is 10.2. The Morgan fingerprint density at radius 2 is 2.15 bits per heavy atom. The zero-order chi connectivity index (χ0) is 19.2. The molecule has 7 nitrogen and oxygen atoms in total. The quantitative estimate of drug-likeness (QED) is 0.608. The van der Waals surface area contributed by atoms with Crippen molar-refractivity contribution in [2.24, 2.45) is 0 Å². The predicted molar refractivity (Wildman–Crippen MR) is 105 cm³/mol. The number of carbonyl (C=O) groups excluding carboxylic acids is 1. The van der Waals surface area contributed by atoms with E-state index in [2.05, 4.69) is 20.9 Å². The molecule has 0 bridgehead atoms. The van der Waals surface area contributed by atoms with Crippen LogP contribution in [-0.2, 0) is 11.3 Å². The van der Waals surface area contributed by atoms with Gasteiger partial charge in [-0.25, -0.2) is 9.18 Å². The fourth-order valence-corrected chi connectivity index (χ4v) is 3.47. The third-order valence-corrected chi connectivity index (χ3v) is 5.25. The molecule has 1 amide bonds. The molecule has 0 radical (unpaired) electrons. The van der Waals surface area contributed by atoms with Gasteiger partial charge in [0.05, 0.1) is 13.3 Å². The molecule has 0 saturated carbocycles. The Bertz CT molecular complexity index is 665. The summed E-state index contributed by atoms with van der Waals surface area (Å²) in [5, 5.41) is 9.94. The second-order valence-corrected chi connectivity index (χ2v) is 7.41. The highest BCUT2D eigenvalue weighted by Gasteiger charge is 2.25. The summed E-state index contributed by atoms with van der Waals surface area (Å²) in [5.74, 6) is -0.305. The van der Waals surface area contributed by atoms with Gasteiger partial charge in [0.25, 0.3) is 0 Å². The third-order valence-electron chi connectivity index (χ3n) is 4.60. The number of nitrogens with zero attached hydrogens (tertiary/aromatic N) is 2. The maximum Gasteiger partial charge on any atom is 0.407 e. The van der Waals surface area contributed by atoms with Gasteiger partial charge >= 0.3 is 6.09 Å². The molecule has 1 atom stereocenters. The van der Waals surface area contributed by atoms with Crippen molar-refractivity contribution >= 4 is 35.0 Å². The van der Waals surface area contributed by atoms with Gasteiger partial charge in [0, 0.05) is 42.8 Å². The largest absolute Gasteiger partial charge is 0.448 e. The number of likely N-dealkylation sites (tertiary alicyclic amines) is 1. The Labute approximate surface area is 168 Å². The van der Waals surface area contributed by atoms with Crippen LogP contribution in [0.3, 0.4) is 0 Å². The van der Waals surface area contributed by atoms with Crippen molar-refractivity contribution in [3.63, 3.8) is 0 Å². The van der Waals surface area contributed by atoms with Gasteiger partial charge in [-0.2, -0.15) is 0 Å². The average Bonchev–Trinajstić information content (AvgIpc) is 3.07. The number of halogens is 2. The topological polar surface area (TPSA) is 68.9 Å². The van der Waals surface area contributed by atoms with Crippen molar-refractivity contribution in [2.75, 3.05) is 39.6 Å². The summed E-state index contributed by atoms with van der Waals surface area (Å²) in [6.45, 7) is 4.00. The second-order valence-electron chi connectivity index (χ2n) is 6.59. The van der Waals surface area contributed by atoms with Gasteiger partial charge in [-0.1, -0.05) is 17.7 Å². The molecule has 10 heteroatoms. The monoisotopic (exact) mass is 415 g/mol. The first-order valence-corrected chi connectivity index (χ1v) is 9.62. The van der Waals surface area contributed by atoms with Gasteiger partial charge < -0.3 is 20.7 Å². The first-order valence-electron chi connectivity index (χ1n) is 8.84. The molecule has 0 aromatic heterocycles. The summed E-state index contributed by atoms with van der Waals surface area (Å²) in [6, 6.07) is 4.67. The number of benzene rings is 1. The molecular formula is C17H23ClFN5O2S. The van der Waals surface area contributed by atoms with Crippen LogP contribution in [0.1, 0.15) is 12.0 Å². The Kier molecular flexibility index (Phi) is 7.06. The Hall–Kier alpha value is -1.68. The lowest BCUT2D eigenvalue weighted by Gasteiger charge is -2.29. The maximum atomic E-state index is 13.9. The van der Waals surface area contributed by atoms with E-state index in [0.29, 0.717) is 55.3 Å². The molecule has 2 heterocycles. The zero-order valence-electron chi connectivity index (χ0n) is 14.8. The minimum Gasteiger partial charge on any atom is -0.448 e. The molecule has 2 fully saturated rings. The van der Waals surface area contributed by atoms with E-state index in [1.165, 1.54) is 6.07 Å². The average molecular weight is 416 g/mol. The molecule has 1 aromatic rings. The van der Waals surface area contributed by atoms with Crippen molar-refractivity contribution in [3.8, 4) is 0 Å². The molecule has 1 unspecified atom stereocenters. The van der Waals surface area contributed by atoms with Crippen LogP contribution in [0.5, 0.6) is 0 Å². The summed E-state index contributed by atoms with van der Waals surface area (Å²) in [5.41, 5.74) is 0.491. The number of thiocarbonyl (C=S) groups is 1. The zero-order valence-corrected chi connectivity index (χ0v) is 16.4. The fraction of sp³-hybridized carbons (Fsp3) is 0.529. The Morgan fingerprint density at radius 3 is 2.89 bits per heavy atom. The molecular weight excluding hydrogens is 393 g/mol. The highest BCUT2D eigenvalue weighted by Crippen LogP contribution is 2.22. The van der Waals surface area contributed by atoms with E-state index in [9.17, 15) is 9.18 Å². The number of ether oxygens (including phenoxy) is 1. The van der Waals surface area contributed by atoms with Crippen molar-refractivity contribution in [2.45, 2.75) is 19.0 Å². The van der Waals surface area contributed by atoms with Gasteiger partial charge in [-0.15, -0.1) is 0 Å². The number of carbonyl (C=O) groups is 1. The summed E-state index contributed by atoms with van der Waals surface area (Å²) < 4.78 is 19.2. The van der Waals surface area contributed by atoms with E-state index in [1.54, 1.807) is 12.1 Å². The molecule has 1 aromatic carbocycles. The van der Waals surface area contributed by atoms with E-state index >= 15 is 0 Å². The summed E-state index contributed by atoms with van der Waals surface area (Å²) in [6.07, 6.45) is 0.359. The second kappa shape index (κ2) is 9.50. The summed E-state index contributed by atoms with van der Waals surface area (Å²) in [4.78, 5) is 16.1. The normalized spacial score (nSPS) is 20.8. The predicted octanol–water partition coefficient (Wildman–Crippen LogP) is 1.47. The van der Waals surface area contributed by atoms with Crippen LogP contribution in [0.2, 0.25) is 5.02 Å². The molecule has 2 aliphatic rings. The number of amides is 1. The highest BCUT2D eigenvalue weighted by molar-refractivity contribution is 7.80. The Balaban J connectivity index is 1.35. The number of alkyl carbamates (subject to hydrolysis) is 1. The lowest BCUT2D eigenvalue weighted by Crippen LogP contribution is -2.54. The van der Waals surface area contributed by atoms with Crippen LogP contribution < -0.4 is 16.0 Å². The number of rotatable bonds is 6. The maximum absolute atomic E-state index is 13.9. The van der Waals surface area contributed by atoms with Crippen LogP contribution in [-0.4, -0.2) is 66.6 Å². The summed E-state index contributed by atoms with van der Waals surface area (Å²) >= 11 is 11.1. The van der Waals surface area contributed by atoms with Crippen LogP contribution in [0.25, 0.3) is 0 Å². The highest BCUT2D eigenvalue weighted by atomic mass is 35.5. The SMILES string of the molecule is O=C(NC1CCN(Cc2c(F)cccc2Cl)C1)OCCN1CNC(=S)NC1. The standard InChI is InChI=1S/C17H23ClFN5O2S/c18-14-2-1-3-15(19)13(14)9-23-5-4-12(8-23)22-17(25)26-7-6-24-10-20-16(27)21-11-24/h1-3,12H,4-11H2,(H,22,25)(H2,20,21,27). The minimum absolute atomic E-state index is 0.0151. The minimum atomic E-state index is -0.431. The van der Waals surface area contributed by atoms with E-state index < -0.39 is 6.09 Å². The Morgan fingerprint density at radius 1 is 1.37 bits per heavy atom. The van der Waals surface area contributed by atoms with Crippen molar-refractivity contribution < 1.29 is 13.9 Å². The molecule has 2 aliphatic heterocycles. The van der Waals surface area contributed by atoms with Crippen LogP contribution in [0.4, 0.5) is 9.18 Å². The number of hydrogen-bond donors (Lipinski definition) is 3. The van der Waals surface area contributed by atoms with Gasteiger partial charge in [0.2, 0.25) is 0 Å². The lowest BCUT2D eigenvalue weighted by molar-refractivity contribution is 0.119. The first kappa shape index (κ1) is 20.1. The van der Waals surface area contributed by atoms with Gasteiger partial charge in [-0.3, -0.25) is 9.80 Å². The number of hydrogen-bond acceptors (Lipinski definition) is 5. The van der Waals surface area contributed by atoms with E-state index in [0.717, 1.165) is 13.0 Å². The molecule has 148 valence electrons. The molecule has 0 spiro atoms. The van der Waals surface area contributed by atoms with Crippen LogP contribution >= 0.6 is 23.8 Å². The molecule has 0 aliphatic carbocycles. The molecule has 3 rings (SSSR count). The van der Waals surface area contributed by atoms with Crippen molar-refractivity contribution in [1.82, 2.24) is 25.8 Å². The fourth-order valence-electron chi connectivity index (χ4n) is 3.12. The van der Waals surface area contributed by atoms with E-state index in [4.69, 9.17) is 28.6 Å². The van der Waals surface area contributed by atoms with Crippen LogP contribution in [0, 0.1) is 5.82 Å². The third kappa shape index (κ3) is 5.90.